The molecule has 0 aliphatic carbocycles. The van der Waals surface area contributed by atoms with Gasteiger partial charge in [0.05, 0.1) is 40.7 Å². The van der Waals surface area contributed by atoms with Crippen molar-refractivity contribution in [1.29, 1.82) is 0 Å². The van der Waals surface area contributed by atoms with Crippen LogP contribution in [0.2, 0.25) is 0 Å². The molecule has 0 spiro atoms. The molecule has 218 valence electrons. The summed E-state index contributed by atoms with van der Waals surface area (Å²) in [5.74, 6) is -0.537. The van der Waals surface area contributed by atoms with Gasteiger partial charge in [0.1, 0.15) is 21.3 Å². The molecule has 9 nitrogen and oxygen atoms in total. The number of carbonyl (C=O) groups excluding carboxylic acids is 1. The quantitative estimate of drug-likeness (QED) is 0.179. The van der Waals surface area contributed by atoms with Crippen LogP contribution >= 0.6 is 0 Å². The fourth-order valence-electron chi connectivity index (χ4n) is 5.17. The first-order valence-corrected chi connectivity index (χ1v) is 15.9. The molecule has 0 bridgehead atoms. The molecule has 43 heavy (non-hydrogen) atoms. The third-order valence-electron chi connectivity index (χ3n) is 7.19. The number of aryl methyl sites for hydroxylation is 1. The summed E-state index contributed by atoms with van der Waals surface area (Å²) >= 11 is 0. The molecule has 4 aromatic heterocycles. The standard InChI is InChI=1S/C32H29FN6O3S/c1-3-5-31(40)36-23-13-21(16-34-17-23)28-15-26-30(18-35-28)38-39-32(26)29-14-25-24(6-4-7-27(25)37-29)20-10-19(11-22(33)12-20)8-9-43(2,41)42/h4,6-7,10-18,37H,3,5,8-9H2,1-2H3,(H,36,40)(H,38,39). The second-order valence-corrected chi connectivity index (χ2v) is 12.9. The van der Waals surface area contributed by atoms with Crippen LogP contribution in [-0.2, 0) is 21.1 Å². The van der Waals surface area contributed by atoms with Gasteiger partial charge in [-0.15, -0.1) is 0 Å². The van der Waals surface area contributed by atoms with Crippen LogP contribution in [-0.4, -0.2) is 51.5 Å². The van der Waals surface area contributed by atoms with E-state index in [0.717, 1.165) is 45.0 Å². The van der Waals surface area contributed by atoms with E-state index in [1.807, 2.05) is 49.4 Å². The predicted molar refractivity (Wildman–Crippen MR) is 167 cm³/mol. The van der Waals surface area contributed by atoms with Gasteiger partial charge < -0.3 is 10.3 Å². The van der Waals surface area contributed by atoms with Gasteiger partial charge in [0.2, 0.25) is 5.91 Å². The summed E-state index contributed by atoms with van der Waals surface area (Å²) < 4.78 is 38.0. The summed E-state index contributed by atoms with van der Waals surface area (Å²) in [5.41, 5.74) is 7.17. The van der Waals surface area contributed by atoms with Crippen molar-refractivity contribution in [3.63, 3.8) is 0 Å². The van der Waals surface area contributed by atoms with Gasteiger partial charge in [-0.05, 0) is 65.9 Å². The molecule has 0 saturated carbocycles. The molecule has 3 N–H and O–H groups in total. The number of rotatable bonds is 9. The highest BCUT2D eigenvalue weighted by Gasteiger charge is 2.16. The number of hydrogen-bond acceptors (Lipinski definition) is 6. The molecule has 0 radical (unpaired) electrons. The summed E-state index contributed by atoms with van der Waals surface area (Å²) in [6.07, 6.45) is 7.61. The molecular formula is C32H29FN6O3S. The summed E-state index contributed by atoms with van der Waals surface area (Å²) in [4.78, 5) is 24.4. The second kappa shape index (κ2) is 11.4. The highest BCUT2D eigenvalue weighted by Crippen LogP contribution is 2.35. The predicted octanol–water partition coefficient (Wildman–Crippen LogP) is 6.30. The number of benzene rings is 2. The van der Waals surface area contributed by atoms with Crippen LogP contribution in [0.3, 0.4) is 0 Å². The number of halogens is 1. The maximum Gasteiger partial charge on any atom is 0.224 e. The van der Waals surface area contributed by atoms with Gasteiger partial charge in [-0.25, -0.2) is 12.8 Å². The maximum atomic E-state index is 14.6. The van der Waals surface area contributed by atoms with Crippen molar-refractivity contribution in [2.45, 2.75) is 26.2 Å². The summed E-state index contributed by atoms with van der Waals surface area (Å²) in [7, 11) is -3.18. The van der Waals surface area contributed by atoms with E-state index in [4.69, 9.17) is 0 Å². The lowest BCUT2D eigenvalue weighted by atomic mass is 9.98. The van der Waals surface area contributed by atoms with Crippen LogP contribution < -0.4 is 5.32 Å². The number of sulfone groups is 1. The maximum absolute atomic E-state index is 14.6. The van der Waals surface area contributed by atoms with Crippen LogP contribution in [0.5, 0.6) is 0 Å². The highest BCUT2D eigenvalue weighted by atomic mass is 32.2. The number of aromatic amines is 2. The molecule has 0 aliphatic heterocycles. The van der Waals surface area contributed by atoms with Crippen molar-refractivity contribution in [1.82, 2.24) is 25.1 Å². The van der Waals surface area contributed by atoms with Gasteiger partial charge in [-0.1, -0.05) is 25.1 Å². The van der Waals surface area contributed by atoms with Gasteiger partial charge >= 0.3 is 0 Å². The number of carbonyl (C=O) groups is 1. The number of nitrogens with zero attached hydrogens (tertiary/aromatic N) is 3. The Bertz CT molecular complexity index is 2100. The van der Waals surface area contributed by atoms with Crippen molar-refractivity contribution in [3.8, 4) is 33.8 Å². The van der Waals surface area contributed by atoms with E-state index < -0.39 is 15.7 Å². The highest BCUT2D eigenvalue weighted by molar-refractivity contribution is 7.90. The second-order valence-electron chi connectivity index (χ2n) is 10.6. The number of anilines is 1. The van der Waals surface area contributed by atoms with Gasteiger partial charge in [-0.2, -0.15) is 5.10 Å². The van der Waals surface area contributed by atoms with Crippen molar-refractivity contribution in [2.75, 3.05) is 17.3 Å². The topological polar surface area (TPSA) is 133 Å². The normalized spacial score (nSPS) is 11.8. The zero-order valence-electron chi connectivity index (χ0n) is 23.6. The van der Waals surface area contributed by atoms with Crippen molar-refractivity contribution >= 4 is 43.2 Å². The van der Waals surface area contributed by atoms with E-state index in [1.165, 1.54) is 18.4 Å². The average molecular weight is 597 g/mol. The van der Waals surface area contributed by atoms with Crippen molar-refractivity contribution in [3.05, 3.63) is 84.6 Å². The molecule has 0 fully saturated rings. The zero-order valence-corrected chi connectivity index (χ0v) is 24.4. The minimum absolute atomic E-state index is 0.0503. The molecule has 6 rings (SSSR count). The summed E-state index contributed by atoms with van der Waals surface area (Å²) in [5, 5.41) is 12.2. The average Bonchev–Trinajstić information content (AvgIpc) is 3.59. The first-order chi connectivity index (χ1) is 20.7. The Balaban J connectivity index is 1.37. The number of pyridine rings is 2. The largest absolute Gasteiger partial charge is 0.353 e. The number of aromatic nitrogens is 5. The van der Waals surface area contributed by atoms with Crippen LogP contribution in [0.15, 0.2) is 73.2 Å². The molecular weight excluding hydrogens is 567 g/mol. The van der Waals surface area contributed by atoms with Crippen LogP contribution in [0.1, 0.15) is 25.3 Å². The Morgan fingerprint density at radius 2 is 1.84 bits per heavy atom. The first kappa shape index (κ1) is 28.2. The van der Waals surface area contributed by atoms with E-state index in [0.29, 0.717) is 34.6 Å². The number of fused-ring (bicyclic) bond motifs is 2. The molecule has 0 atom stereocenters. The van der Waals surface area contributed by atoms with Crippen molar-refractivity contribution in [2.24, 2.45) is 0 Å². The lowest BCUT2D eigenvalue weighted by molar-refractivity contribution is -0.116. The van der Waals surface area contributed by atoms with E-state index in [1.54, 1.807) is 18.6 Å². The number of hydrogen-bond donors (Lipinski definition) is 3. The van der Waals surface area contributed by atoms with E-state index in [9.17, 15) is 17.6 Å². The minimum atomic E-state index is -3.18. The molecule has 0 aliphatic rings. The fourth-order valence-corrected chi connectivity index (χ4v) is 5.77. The molecule has 11 heteroatoms. The smallest absolute Gasteiger partial charge is 0.224 e. The monoisotopic (exact) mass is 596 g/mol. The van der Waals surface area contributed by atoms with Gasteiger partial charge in [0.25, 0.3) is 0 Å². The van der Waals surface area contributed by atoms with E-state index in [-0.39, 0.29) is 18.1 Å². The molecule has 0 unspecified atom stereocenters. The van der Waals surface area contributed by atoms with Gasteiger partial charge in [-0.3, -0.25) is 19.9 Å². The molecule has 2 aromatic carbocycles. The van der Waals surface area contributed by atoms with Crippen LogP contribution in [0, 0.1) is 5.82 Å². The molecule has 1 amide bonds. The SMILES string of the molecule is CCCC(=O)Nc1cncc(-c2cc3c(-c4cc5c(-c6cc(F)cc(CCS(C)(=O)=O)c6)cccc5[nH]4)n[nH]c3cn2)c1. The summed E-state index contributed by atoms with van der Waals surface area (Å²) in [6.45, 7) is 1.95. The number of amides is 1. The Morgan fingerprint density at radius 3 is 2.65 bits per heavy atom. The third kappa shape index (κ3) is 6.17. The minimum Gasteiger partial charge on any atom is -0.353 e. The zero-order chi connectivity index (χ0) is 30.1. The van der Waals surface area contributed by atoms with E-state index >= 15 is 0 Å². The number of nitrogens with one attached hydrogen (secondary N) is 3. The number of H-pyrrole nitrogens is 2. The Kier molecular flexibility index (Phi) is 7.49. The van der Waals surface area contributed by atoms with Gasteiger partial charge in [0.15, 0.2) is 0 Å². The van der Waals surface area contributed by atoms with Crippen LogP contribution in [0.4, 0.5) is 10.1 Å². The lowest BCUT2D eigenvalue weighted by Gasteiger charge is -2.08. The molecule has 4 heterocycles. The Hall–Kier alpha value is -4.90. The fraction of sp³-hybridized carbons (Fsp3) is 0.188. The van der Waals surface area contributed by atoms with Gasteiger partial charge in [0, 0.05) is 40.7 Å². The first-order valence-electron chi connectivity index (χ1n) is 13.9. The Morgan fingerprint density at radius 1 is 0.977 bits per heavy atom. The lowest BCUT2D eigenvalue weighted by Crippen LogP contribution is -2.10. The van der Waals surface area contributed by atoms with Crippen molar-refractivity contribution < 1.29 is 17.6 Å². The van der Waals surface area contributed by atoms with E-state index in [2.05, 4.69) is 30.5 Å². The third-order valence-corrected chi connectivity index (χ3v) is 8.14. The Labute approximate surface area is 247 Å². The molecule has 6 aromatic rings. The molecule has 0 saturated heterocycles. The summed E-state index contributed by atoms with van der Waals surface area (Å²) in [6, 6.07) is 16.2. The van der Waals surface area contributed by atoms with Crippen LogP contribution in [0.25, 0.3) is 55.6 Å².